The maximum absolute atomic E-state index is 14.1. The van der Waals surface area contributed by atoms with Gasteiger partial charge in [0, 0.05) is 50.9 Å². The van der Waals surface area contributed by atoms with Crippen molar-refractivity contribution in [2.45, 2.75) is 57.2 Å². The molecule has 2 N–H and O–H groups in total. The number of fused-ring (bicyclic) bond motifs is 4. The fraction of sp³-hybridized carbons (Fsp3) is 0.483. The van der Waals surface area contributed by atoms with Crippen molar-refractivity contribution in [2.75, 3.05) is 19.6 Å². The monoisotopic (exact) mass is 517 g/mol. The van der Waals surface area contributed by atoms with Crippen molar-refractivity contribution in [3.63, 3.8) is 0 Å². The highest BCUT2D eigenvalue weighted by molar-refractivity contribution is 5.94. The molecule has 0 unspecified atom stereocenters. The van der Waals surface area contributed by atoms with Crippen molar-refractivity contribution >= 4 is 23.6 Å². The molecule has 3 fully saturated rings. The van der Waals surface area contributed by atoms with Gasteiger partial charge in [0.05, 0.1) is 5.56 Å². The van der Waals surface area contributed by atoms with Crippen LogP contribution in [-0.4, -0.2) is 76.2 Å². The first-order valence-corrected chi connectivity index (χ1v) is 13.5. The highest BCUT2D eigenvalue weighted by atomic mass is 16.2. The van der Waals surface area contributed by atoms with Gasteiger partial charge in [0.25, 0.3) is 5.91 Å². The Morgan fingerprint density at radius 3 is 2.61 bits per heavy atom. The molecule has 0 saturated carbocycles. The van der Waals surface area contributed by atoms with Crippen molar-refractivity contribution in [2.24, 2.45) is 11.8 Å². The van der Waals surface area contributed by atoms with Gasteiger partial charge in [-0.1, -0.05) is 30.3 Å². The van der Waals surface area contributed by atoms with Gasteiger partial charge in [-0.05, 0) is 55.7 Å². The van der Waals surface area contributed by atoms with Crippen LogP contribution >= 0.6 is 0 Å². The maximum Gasteiger partial charge on any atom is 0.255 e. The predicted molar refractivity (Wildman–Crippen MR) is 141 cm³/mol. The summed E-state index contributed by atoms with van der Waals surface area (Å²) in [4.78, 5) is 60.8. The Hall–Kier alpha value is -3.75. The van der Waals surface area contributed by atoms with Gasteiger partial charge >= 0.3 is 0 Å². The molecule has 3 aliphatic heterocycles. The molecule has 0 radical (unpaired) electrons. The molecule has 200 valence electrons. The molecule has 3 aliphatic rings. The first-order valence-electron chi connectivity index (χ1n) is 13.5. The van der Waals surface area contributed by atoms with Crippen LogP contribution in [0.5, 0.6) is 0 Å². The van der Waals surface area contributed by atoms with E-state index < -0.39 is 12.1 Å². The highest BCUT2D eigenvalue weighted by Crippen LogP contribution is 2.36. The number of benzene rings is 1. The van der Waals surface area contributed by atoms with Gasteiger partial charge in [-0.2, -0.15) is 0 Å². The molecule has 5 atom stereocenters. The standard InChI is InChI=1S/C29H35N5O4/c1-19-27(36)32-24(14-20-7-3-2-4-8-20)29(38)34-17-21-13-23(25(34)10-5-11-26(35)31-19)18-33(16-21)28(37)22-9-6-12-30-15-22/h2-4,6-9,12,15,19,21,23-25H,5,10-11,13-14,16-18H2,1H3,(H,31,35)(H,32,36)/t19-,21+,23-,24+,25+/m1/s1. The van der Waals surface area contributed by atoms with Gasteiger partial charge in [-0.15, -0.1) is 0 Å². The molecule has 1 aromatic carbocycles. The first-order chi connectivity index (χ1) is 18.4. The summed E-state index contributed by atoms with van der Waals surface area (Å²) in [6.07, 6.45) is 6.12. The molecule has 3 saturated heterocycles. The molecular weight excluding hydrogens is 482 g/mol. The number of carbonyl (C=O) groups is 4. The summed E-state index contributed by atoms with van der Waals surface area (Å²) in [7, 11) is 0. The van der Waals surface area contributed by atoms with Gasteiger partial charge in [0.1, 0.15) is 12.1 Å². The lowest BCUT2D eigenvalue weighted by atomic mass is 9.77. The first kappa shape index (κ1) is 25.9. The third kappa shape index (κ3) is 5.71. The minimum absolute atomic E-state index is 0.0386. The summed E-state index contributed by atoms with van der Waals surface area (Å²) in [6, 6.07) is 11.6. The number of hydrogen-bond donors (Lipinski definition) is 2. The van der Waals surface area contributed by atoms with Crippen LogP contribution in [-0.2, 0) is 20.8 Å². The van der Waals surface area contributed by atoms with Crippen LogP contribution in [0.25, 0.3) is 0 Å². The third-order valence-corrected chi connectivity index (χ3v) is 8.02. The van der Waals surface area contributed by atoms with E-state index in [4.69, 9.17) is 0 Å². The second-order valence-corrected chi connectivity index (χ2v) is 10.8. The third-order valence-electron chi connectivity index (χ3n) is 8.02. The molecular formula is C29H35N5O4. The Labute approximate surface area is 223 Å². The molecule has 2 aromatic rings. The van der Waals surface area contributed by atoms with E-state index in [0.29, 0.717) is 44.5 Å². The molecule has 0 spiro atoms. The van der Waals surface area contributed by atoms with Crippen molar-refractivity contribution in [1.82, 2.24) is 25.4 Å². The number of rotatable bonds is 3. The molecule has 4 heterocycles. The molecule has 0 aliphatic carbocycles. The maximum atomic E-state index is 14.1. The normalized spacial score (nSPS) is 28.3. The summed E-state index contributed by atoms with van der Waals surface area (Å²) < 4.78 is 0. The number of aromatic nitrogens is 1. The largest absolute Gasteiger partial charge is 0.345 e. The SMILES string of the molecule is C[C@H]1NC(=O)CCC[C@H]2[C@@H]3C[C@@H](CN(C(=O)c4cccnc4)C3)CN2C(=O)[C@H](Cc2ccccc2)NC1=O. The van der Waals surface area contributed by atoms with Crippen LogP contribution < -0.4 is 10.6 Å². The Morgan fingerprint density at radius 1 is 1.03 bits per heavy atom. The minimum atomic E-state index is -0.738. The number of nitrogens with zero attached hydrogens (tertiary/aromatic N) is 3. The number of nitrogens with one attached hydrogen (secondary N) is 2. The molecule has 1 aromatic heterocycles. The minimum Gasteiger partial charge on any atom is -0.345 e. The van der Waals surface area contributed by atoms with Gasteiger partial charge in [-0.3, -0.25) is 24.2 Å². The van der Waals surface area contributed by atoms with Crippen LogP contribution in [0.1, 0.15) is 48.5 Å². The number of piperidine rings is 2. The van der Waals surface area contributed by atoms with Gasteiger partial charge < -0.3 is 20.4 Å². The molecule has 38 heavy (non-hydrogen) atoms. The Kier molecular flexibility index (Phi) is 7.72. The number of pyridine rings is 1. The van der Waals surface area contributed by atoms with Crippen molar-refractivity contribution in [1.29, 1.82) is 0 Å². The smallest absolute Gasteiger partial charge is 0.255 e. The Morgan fingerprint density at radius 2 is 1.84 bits per heavy atom. The van der Waals surface area contributed by atoms with Crippen LogP contribution in [0.2, 0.25) is 0 Å². The summed E-state index contributed by atoms with van der Waals surface area (Å²) >= 11 is 0. The number of likely N-dealkylation sites (tertiary alicyclic amines) is 1. The molecule has 2 bridgehead atoms. The molecule has 9 nitrogen and oxygen atoms in total. The van der Waals surface area contributed by atoms with E-state index in [9.17, 15) is 19.2 Å². The van der Waals surface area contributed by atoms with Crippen LogP contribution in [0.4, 0.5) is 0 Å². The van der Waals surface area contributed by atoms with E-state index in [1.807, 2.05) is 40.1 Å². The zero-order valence-electron chi connectivity index (χ0n) is 21.7. The van der Waals surface area contributed by atoms with Crippen molar-refractivity contribution in [3.8, 4) is 0 Å². The Balaban J connectivity index is 1.41. The molecule has 4 amide bonds. The summed E-state index contributed by atoms with van der Waals surface area (Å²) in [5.41, 5.74) is 1.52. The quantitative estimate of drug-likeness (QED) is 0.645. The van der Waals surface area contributed by atoms with E-state index >= 15 is 0 Å². The van der Waals surface area contributed by atoms with E-state index in [-0.39, 0.29) is 47.9 Å². The zero-order valence-corrected chi connectivity index (χ0v) is 21.7. The average Bonchev–Trinajstić information content (AvgIpc) is 2.93. The van der Waals surface area contributed by atoms with E-state index in [2.05, 4.69) is 15.6 Å². The van der Waals surface area contributed by atoms with Gasteiger partial charge in [0.15, 0.2) is 0 Å². The number of amides is 4. The zero-order chi connectivity index (χ0) is 26.6. The second kappa shape index (κ2) is 11.3. The lowest BCUT2D eigenvalue weighted by Crippen LogP contribution is -2.63. The lowest BCUT2D eigenvalue weighted by Gasteiger charge is -2.51. The van der Waals surface area contributed by atoms with Gasteiger partial charge in [-0.25, -0.2) is 0 Å². The average molecular weight is 518 g/mol. The van der Waals surface area contributed by atoms with Crippen LogP contribution in [0.3, 0.4) is 0 Å². The highest BCUT2D eigenvalue weighted by Gasteiger charge is 2.45. The van der Waals surface area contributed by atoms with Gasteiger partial charge in [0.2, 0.25) is 17.7 Å². The van der Waals surface area contributed by atoms with Crippen molar-refractivity contribution < 1.29 is 19.2 Å². The number of carbonyl (C=O) groups excluding carboxylic acids is 4. The number of hydrogen-bond acceptors (Lipinski definition) is 5. The fourth-order valence-electron chi connectivity index (χ4n) is 6.21. The summed E-state index contributed by atoms with van der Waals surface area (Å²) in [5, 5.41) is 5.70. The topological polar surface area (TPSA) is 112 Å². The van der Waals surface area contributed by atoms with E-state index in [0.717, 1.165) is 12.0 Å². The predicted octanol–water partition coefficient (Wildman–Crippen LogP) is 1.79. The van der Waals surface area contributed by atoms with E-state index in [1.165, 1.54) is 0 Å². The summed E-state index contributed by atoms with van der Waals surface area (Å²) in [6.45, 7) is 3.30. The second-order valence-electron chi connectivity index (χ2n) is 10.8. The molecule has 5 rings (SSSR count). The fourth-order valence-corrected chi connectivity index (χ4v) is 6.21. The lowest BCUT2D eigenvalue weighted by molar-refractivity contribution is -0.145. The molecule has 9 heteroatoms. The van der Waals surface area contributed by atoms with E-state index in [1.54, 1.807) is 31.5 Å². The Bertz CT molecular complexity index is 1170. The van der Waals surface area contributed by atoms with Crippen LogP contribution in [0.15, 0.2) is 54.9 Å². The summed E-state index contributed by atoms with van der Waals surface area (Å²) in [5.74, 6) is -0.411. The van der Waals surface area contributed by atoms with Crippen molar-refractivity contribution in [3.05, 3.63) is 66.0 Å². The van der Waals surface area contributed by atoms with Crippen LogP contribution in [0, 0.1) is 11.8 Å².